The van der Waals surface area contributed by atoms with E-state index < -0.39 is 0 Å². The highest BCUT2D eigenvalue weighted by Crippen LogP contribution is 2.32. The second-order valence-electron chi connectivity index (χ2n) is 4.98. The maximum atomic E-state index is 12.4. The number of nitrogens with zero attached hydrogens (tertiary/aromatic N) is 4. The van der Waals surface area contributed by atoms with Crippen LogP contribution in [0.5, 0.6) is 0 Å². The third kappa shape index (κ3) is 2.19. The van der Waals surface area contributed by atoms with Gasteiger partial charge in [-0.05, 0) is 24.8 Å². The second kappa shape index (κ2) is 5.36. The quantitative estimate of drug-likeness (QED) is 0.747. The smallest absolute Gasteiger partial charge is 0.295 e. The number of nitrogens with one attached hydrogen (secondary N) is 1. The Morgan fingerprint density at radius 1 is 1.41 bits per heavy atom. The second-order valence-corrected chi connectivity index (χ2v) is 6.85. The molecule has 4 rings (SSSR count). The van der Waals surface area contributed by atoms with Gasteiger partial charge in [-0.25, -0.2) is 4.98 Å². The molecule has 0 radical (unpaired) electrons. The van der Waals surface area contributed by atoms with Gasteiger partial charge in [0.25, 0.3) is 5.91 Å². The molecule has 0 aliphatic carbocycles. The Balaban J connectivity index is 1.64. The van der Waals surface area contributed by atoms with Crippen molar-refractivity contribution in [2.45, 2.75) is 24.3 Å². The number of aryl methyl sites for hydroxylation is 1. The van der Waals surface area contributed by atoms with Crippen LogP contribution in [0, 0.1) is 0 Å². The van der Waals surface area contributed by atoms with Crippen LogP contribution in [0.15, 0.2) is 23.1 Å². The van der Waals surface area contributed by atoms with Gasteiger partial charge in [-0.3, -0.25) is 10.1 Å². The number of thiazole rings is 1. The number of hydrogen-bond acceptors (Lipinski definition) is 6. The molecule has 8 heteroatoms. The molecule has 6 nitrogen and oxygen atoms in total. The minimum atomic E-state index is -0.245. The maximum Gasteiger partial charge on any atom is 0.295 e. The van der Waals surface area contributed by atoms with Crippen LogP contribution < -0.4 is 5.32 Å². The van der Waals surface area contributed by atoms with Crippen LogP contribution in [0.4, 0.5) is 5.13 Å². The molecule has 0 saturated carbocycles. The van der Waals surface area contributed by atoms with Gasteiger partial charge in [-0.2, -0.15) is 0 Å². The van der Waals surface area contributed by atoms with E-state index in [1.54, 1.807) is 11.8 Å². The van der Waals surface area contributed by atoms with Crippen LogP contribution in [-0.2, 0) is 13.0 Å². The van der Waals surface area contributed by atoms with E-state index in [9.17, 15) is 4.79 Å². The summed E-state index contributed by atoms with van der Waals surface area (Å²) < 4.78 is 2.95. The minimum Gasteiger partial charge on any atom is -0.307 e. The molecular formula is C14H13N5OS2. The Bertz CT molecular complexity index is 869. The van der Waals surface area contributed by atoms with Crippen LogP contribution in [0.3, 0.4) is 0 Å². The molecular weight excluding hydrogens is 318 g/mol. The molecule has 0 atom stereocenters. The normalized spacial score (nSPS) is 13.5. The van der Waals surface area contributed by atoms with E-state index in [4.69, 9.17) is 0 Å². The molecule has 0 saturated heterocycles. The summed E-state index contributed by atoms with van der Waals surface area (Å²) in [6.45, 7) is 0.807. The largest absolute Gasteiger partial charge is 0.307 e. The number of rotatable bonds is 3. The first-order valence-electron chi connectivity index (χ1n) is 6.93. The molecule has 1 N–H and O–H groups in total. The van der Waals surface area contributed by atoms with Crippen molar-refractivity contribution < 1.29 is 4.79 Å². The fraction of sp³-hybridized carbons (Fsp3) is 0.286. The number of benzene rings is 1. The molecule has 22 heavy (non-hydrogen) atoms. The number of para-hydroxylation sites is 1. The van der Waals surface area contributed by atoms with E-state index in [0.29, 0.717) is 11.0 Å². The Morgan fingerprint density at radius 3 is 3.18 bits per heavy atom. The number of thioether (sulfide) groups is 1. The Kier molecular flexibility index (Phi) is 3.34. The van der Waals surface area contributed by atoms with Gasteiger partial charge in [0.15, 0.2) is 5.13 Å². The van der Waals surface area contributed by atoms with Crippen molar-refractivity contribution in [3.05, 3.63) is 29.8 Å². The molecule has 3 aromatic rings. The van der Waals surface area contributed by atoms with Crippen molar-refractivity contribution in [3.63, 3.8) is 0 Å². The van der Waals surface area contributed by atoms with E-state index in [-0.39, 0.29) is 5.91 Å². The van der Waals surface area contributed by atoms with Crippen molar-refractivity contribution in [2.24, 2.45) is 0 Å². The van der Waals surface area contributed by atoms with E-state index >= 15 is 0 Å². The molecule has 2 aromatic heterocycles. The van der Waals surface area contributed by atoms with Gasteiger partial charge in [0.1, 0.15) is 5.82 Å². The van der Waals surface area contributed by atoms with Crippen LogP contribution in [0.2, 0.25) is 0 Å². The average Bonchev–Trinajstić information content (AvgIpc) is 3.20. The van der Waals surface area contributed by atoms with E-state index in [0.717, 1.165) is 40.3 Å². The lowest BCUT2D eigenvalue weighted by Crippen LogP contribution is -2.17. The first-order valence-corrected chi connectivity index (χ1v) is 8.97. The van der Waals surface area contributed by atoms with Gasteiger partial charge in [0, 0.05) is 17.9 Å². The lowest BCUT2D eigenvalue weighted by molar-refractivity contribution is 0.101. The standard InChI is InChI=1S/C14H13N5OS2/c1-21-8-4-2-5-9-11(8)15-14(22-9)16-13(20)12-18-17-10-6-3-7-19(10)12/h2,4-5H,3,6-7H2,1H3,(H,15,16,20). The number of carbonyl (C=O) groups is 1. The summed E-state index contributed by atoms with van der Waals surface area (Å²) in [5.41, 5.74) is 0.932. The predicted octanol–water partition coefficient (Wildman–Crippen LogP) is 2.81. The summed E-state index contributed by atoms with van der Waals surface area (Å²) in [5.74, 6) is 1.02. The summed E-state index contributed by atoms with van der Waals surface area (Å²) in [6, 6.07) is 6.05. The fourth-order valence-corrected chi connectivity index (χ4v) is 4.13. The van der Waals surface area contributed by atoms with Gasteiger partial charge in [0.05, 0.1) is 10.2 Å². The molecule has 1 aliphatic rings. The van der Waals surface area contributed by atoms with E-state index in [2.05, 4.69) is 20.5 Å². The number of carbonyl (C=O) groups excluding carboxylic acids is 1. The number of amides is 1. The summed E-state index contributed by atoms with van der Waals surface area (Å²) in [5, 5.41) is 11.5. The zero-order valence-corrected chi connectivity index (χ0v) is 13.5. The molecule has 0 unspecified atom stereocenters. The lowest BCUT2D eigenvalue weighted by atomic mass is 10.3. The SMILES string of the molecule is CSc1cccc2sc(NC(=O)c3nnc4n3CCC4)nc12. The third-order valence-electron chi connectivity index (χ3n) is 3.63. The van der Waals surface area contributed by atoms with Crippen molar-refractivity contribution in [2.75, 3.05) is 11.6 Å². The first-order chi connectivity index (χ1) is 10.8. The van der Waals surface area contributed by atoms with E-state index in [1.807, 2.05) is 29.0 Å². The number of aromatic nitrogens is 4. The molecule has 112 valence electrons. The Morgan fingerprint density at radius 2 is 2.32 bits per heavy atom. The van der Waals surface area contributed by atoms with Gasteiger partial charge < -0.3 is 4.57 Å². The highest BCUT2D eigenvalue weighted by atomic mass is 32.2. The fourth-order valence-electron chi connectivity index (χ4n) is 2.61. The van der Waals surface area contributed by atoms with Gasteiger partial charge in [0.2, 0.25) is 5.82 Å². The predicted molar refractivity (Wildman–Crippen MR) is 87.7 cm³/mol. The van der Waals surface area contributed by atoms with Crippen molar-refractivity contribution >= 4 is 44.4 Å². The molecule has 0 fully saturated rings. The summed E-state index contributed by atoms with van der Waals surface area (Å²) in [4.78, 5) is 18.0. The van der Waals surface area contributed by atoms with Gasteiger partial charge in [-0.1, -0.05) is 17.4 Å². The average molecular weight is 331 g/mol. The molecule has 0 bridgehead atoms. The zero-order valence-electron chi connectivity index (χ0n) is 11.9. The molecule has 1 aromatic carbocycles. The number of fused-ring (bicyclic) bond motifs is 2. The number of hydrogen-bond donors (Lipinski definition) is 1. The van der Waals surface area contributed by atoms with Crippen LogP contribution >= 0.6 is 23.1 Å². The highest BCUT2D eigenvalue weighted by Gasteiger charge is 2.23. The topological polar surface area (TPSA) is 72.7 Å². The minimum absolute atomic E-state index is 0.245. The Labute approximate surface area is 135 Å². The number of anilines is 1. The summed E-state index contributed by atoms with van der Waals surface area (Å²) in [7, 11) is 0. The highest BCUT2D eigenvalue weighted by molar-refractivity contribution is 7.98. The Hall–Kier alpha value is -1.93. The van der Waals surface area contributed by atoms with Crippen molar-refractivity contribution in [1.29, 1.82) is 0 Å². The van der Waals surface area contributed by atoms with Crippen LogP contribution in [0.25, 0.3) is 10.2 Å². The molecule has 1 aliphatic heterocycles. The monoisotopic (exact) mass is 331 g/mol. The summed E-state index contributed by atoms with van der Waals surface area (Å²) in [6.07, 6.45) is 3.92. The molecule has 3 heterocycles. The molecule has 0 spiro atoms. The van der Waals surface area contributed by atoms with Crippen LogP contribution in [0.1, 0.15) is 22.9 Å². The van der Waals surface area contributed by atoms with Crippen LogP contribution in [-0.4, -0.2) is 31.9 Å². The maximum absolute atomic E-state index is 12.4. The van der Waals surface area contributed by atoms with E-state index in [1.165, 1.54) is 11.3 Å². The lowest BCUT2D eigenvalue weighted by Gasteiger charge is -2.02. The third-order valence-corrected chi connectivity index (χ3v) is 5.34. The molecule has 1 amide bonds. The van der Waals surface area contributed by atoms with Gasteiger partial charge in [-0.15, -0.1) is 22.0 Å². The van der Waals surface area contributed by atoms with Crippen molar-refractivity contribution in [1.82, 2.24) is 19.7 Å². The first kappa shape index (κ1) is 13.7. The van der Waals surface area contributed by atoms with Gasteiger partial charge >= 0.3 is 0 Å². The summed E-state index contributed by atoms with van der Waals surface area (Å²) >= 11 is 3.12. The van der Waals surface area contributed by atoms with Crippen molar-refractivity contribution in [3.8, 4) is 0 Å². The zero-order chi connectivity index (χ0) is 15.1.